The number of hydrogen-bond donors (Lipinski definition) is 1. The maximum Gasteiger partial charge on any atom is 0.0192 e. The number of likely N-dealkylation sites (N-methyl/N-ethyl adjacent to an activating group) is 1. The van der Waals surface area contributed by atoms with Crippen molar-refractivity contribution in [2.75, 3.05) is 20.1 Å². The summed E-state index contributed by atoms with van der Waals surface area (Å²) in [4.78, 5) is 2.41. The predicted molar refractivity (Wildman–Crippen MR) is 60.3 cm³/mol. The van der Waals surface area contributed by atoms with Gasteiger partial charge in [-0.05, 0) is 20.9 Å². The summed E-state index contributed by atoms with van der Waals surface area (Å²) in [6.45, 7) is 6.78. The number of rotatable bonds is 0. The third-order valence-corrected chi connectivity index (χ3v) is 2.27. The van der Waals surface area contributed by atoms with Gasteiger partial charge in [0.05, 0.1) is 0 Å². The molecule has 0 unspecified atom stereocenters. The minimum atomic E-state index is 0. The molecule has 0 aromatic rings. The van der Waals surface area contributed by atoms with Crippen LogP contribution in [0.4, 0.5) is 0 Å². The topological polar surface area (TPSA) is 15.3 Å². The number of hydrogen-bond acceptors (Lipinski definition) is 2. The fraction of sp³-hybridized carbons (Fsp3) is 1.00. The summed E-state index contributed by atoms with van der Waals surface area (Å²) >= 11 is 0. The highest BCUT2D eigenvalue weighted by Gasteiger charge is 2.19. The maximum atomic E-state index is 3.37. The summed E-state index contributed by atoms with van der Waals surface area (Å²) in [6, 6.07) is 1.41. The molecule has 4 heteroatoms. The van der Waals surface area contributed by atoms with Crippen LogP contribution in [-0.2, 0) is 0 Å². The Balaban J connectivity index is 0. The molecule has 0 aliphatic carbocycles. The Labute approximate surface area is 83.6 Å². The SMILES string of the molecule is C[C@H]1CNC[C@H](C)N1C.S.S. The monoisotopic (exact) mass is 196 g/mol. The molecule has 0 aromatic heterocycles. The molecule has 0 aromatic carbocycles. The zero-order valence-corrected chi connectivity index (χ0v) is 9.52. The predicted octanol–water partition coefficient (Wildman–Crippen LogP) is 0.524. The number of piperazine rings is 1. The summed E-state index contributed by atoms with van der Waals surface area (Å²) < 4.78 is 0. The molecule has 0 amide bonds. The standard InChI is InChI=1S/C7H16N2.2H2S/c1-6-4-8-5-7(2)9(6)3;;/h6-8H,4-5H2,1-3H3;2*1H2/t6-,7-;;/m0../s1. The van der Waals surface area contributed by atoms with Crippen molar-refractivity contribution < 1.29 is 0 Å². The molecule has 0 radical (unpaired) electrons. The number of nitrogens with one attached hydrogen (secondary N) is 1. The van der Waals surface area contributed by atoms with E-state index in [0.29, 0.717) is 12.1 Å². The van der Waals surface area contributed by atoms with Gasteiger partial charge < -0.3 is 5.32 Å². The normalized spacial score (nSPS) is 31.9. The molecule has 1 aliphatic heterocycles. The van der Waals surface area contributed by atoms with E-state index in [1.54, 1.807) is 0 Å². The second-order valence-corrected chi connectivity index (χ2v) is 3.02. The van der Waals surface area contributed by atoms with Gasteiger partial charge in [0.1, 0.15) is 0 Å². The molecule has 1 aliphatic rings. The van der Waals surface area contributed by atoms with Crippen LogP contribution in [0, 0.1) is 0 Å². The smallest absolute Gasteiger partial charge is 0.0192 e. The van der Waals surface area contributed by atoms with E-state index in [2.05, 4.69) is 31.1 Å². The van der Waals surface area contributed by atoms with E-state index in [9.17, 15) is 0 Å². The molecule has 1 heterocycles. The zero-order valence-electron chi connectivity index (χ0n) is 7.52. The van der Waals surface area contributed by atoms with E-state index in [1.165, 1.54) is 0 Å². The van der Waals surface area contributed by atoms with Crippen LogP contribution in [0.5, 0.6) is 0 Å². The second kappa shape index (κ2) is 6.17. The molecule has 0 spiro atoms. The van der Waals surface area contributed by atoms with Gasteiger partial charge in [0.25, 0.3) is 0 Å². The van der Waals surface area contributed by atoms with Crippen LogP contribution in [0.25, 0.3) is 0 Å². The van der Waals surface area contributed by atoms with Crippen molar-refractivity contribution in [1.82, 2.24) is 10.2 Å². The molecule has 1 N–H and O–H groups in total. The van der Waals surface area contributed by atoms with Crippen LogP contribution < -0.4 is 5.32 Å². The fourth-order valence-electron chi connectivity index (χ4n) is 1.22. The molecule has 0 saturated carbocycles. The van der Waals surface area contributed by atoms with Crippen molar-refractivity contribution in [3.63, 3.8) is 0 Å². The van der Waals surface area contributed by atoms with Crippen molar-refractivity contribution >= 4 is 27.0 Å². The van der Waals surface area contributed by atoms with E-state index in [4.69, 9.17) is 0 Å². The quantitative estimate of drug-likeness (QED) is 0.608. The largest absolute Gasteiger partial charge is 0.314 e. The molecule has 2 nitrogen and oxygen atoms in total. The summed E-state index contributed by atoms with van der Waals surface area (Å²) in [6.07, 6.45) is 0. The average Bonchev–Trinajstić information content (AvgIpc) is 1.83. The van der Waals surface area contributed by atoms with Crippen LogP contribution in [-0.4, -0.2) is 37.1 Å². The first kappa shape index (κ1) is 14.2. The lowest BCUT2D eigenvalue weighted by atomic mass is 10.1. The third-order valence-electron chi connectivity index (χ3n) is 2.27. The zero-order chi connectivity index (χ0) is 6.85. The van der Waals surface area contributed by atoms with Gasteiger partial charge in [-0.25, -0.2) is 0 Å². The third kappa shape index (κ3) is 3.69. The Morgan fingerprint density at radius 1 is 1.09 bits per heavy atom. The highest BCUT2D eigenvalue weighted by molar-refractivity contribution is 7.59. The minimum Gasteiger partial charge on any atom is -0.314 e. The van der Waals surface area contributed by atoms with Gasteiger partial charge in [-0.3, -0.25) is 4.90 Å². The first-order valence-corrected chi connectivity index (χ1v) is 3.64. The van der Waals surface area contributed by atoms with Crippen LogP contribution in [0.2, 0.25) is 0 Å². The lowest BCUT2D eigenvalue weighted by molar-refractivity contribution is 0.152. The van der Waals surface area contributed by atoms with Gasteiger partial charge in [0.2, 0.25) is 0 Å². The summed E-state index contributed by atoms with van der Waals surface area (Å²) in [5, 5.41) is 3.37. The minimum absolute atomic E-state index is 0. The van der Waals surface area contributed by atoms with Crippen molar-refractivity contribution in [1.29, 1.82) is 0 Å². The van der Waals surface area contributed by atoms with Gasteiger partial charge >= 0.3 is 0 Å². The summed E-state index contributed by atoms with van der Waals surface area (Å²) in [5.41, 5.74) is 0. The Bertz CT molecular complexity index is 90.4. The molecule has 1 saturated heterocycles. The van der Waals surface area contributed by atoms with E-state index < -0.39 is 0 Å². The highest BCUT2D eigenvalue weighted by Crippen LogP contribution is 2.04. The first-order chi connectivity index (χ1) is 4.22. The molecule has 1 fully saturated rings. The molecule has 11 heavy (non-hydrogen) atoms. The molecular formula is C7H20N2S2. The van der Waals surface area contributed by atoms with E-state index >= 15 is 0 Å². The summed E-state index contributed by atoms with van der Waals surface area (Å²) in [5.74, 6) is 0. The Morgan fingerprint density at radius 3 is 1.73 bits per heavy atom. The van der Waals surface area contributed by atoms with Crippen LogP contribution in [0.1, 0.15) is 13.8 Å². The molecule has 0 bridgehead atoms. The number of nitrogens with zero attached hydrogens (tertiary/aromatic N) is 1. The maximum absolute atomic E-state index is 3.37. The second-order valence-electron chi connectivity index (χ2n) is 3.02. The van der Waals surface area contributed by atoms with Gasteiger partial charge in [0, 0.05) is 25.2 Å². The Hall–Kier alpha value is 0.620. The van der Waals surface area contributed by atoms with Crippen molar-refractivity contribution in [3.05, 3.63) is 0 Å². The van der Waals surface area contributed by atoms with E-state index in [-0.39, 0.29) is 27.0 Å². The lowest BCUT2D eigenvalue weighted by Crippen LogP contribution is -2.52. The van der Waals surface area contributed by atoms with Gasteiger partial charge in [-0.2, -0.15) is 27.0 Å². The first-order valence-electron chi connectivity index (χ1n) is 3.64. The molecular weight excluding hydrogens is 176 g/mol. The van der Waals surface area contributed by atoms with Crippen LogP contribution in [0.3, 0.4) is 0 Å². The lowest BCUT2D eigenvalue weighted by Gasteiger charge is -2.36. The highest BCUT2D eigenvalue weighted by atomic mass is 32.1. The van der Waals surface area contributed by atoms with Crippen molar-refractivity contribution in [3.8, 4) is 0 Å². The molecule has 2 atom stereocenters. The van der Waals surface area contributed by atoms with Crippen molar-refractivity contribution in [2.45, 2.75) is 25.9 Å². The average molecular weight is 196 g/mol. The Kier molecular flexibility index (Phi) is 7.94. The van der Waals surface area contributed by atoms with E-state index in [1.807, 2.05) is 0 Å². The Morgan fingerprint density at radius 2 is 1.45 bits per heavy atom. The van der Waals surface area contributed by atoms with E-state index in [0.717, 1.165) is 13.1 Å². The van der Waals surface area contributed by atoms with Gasteiger partial charge in [-0.15, -0.1) is 0 Å². The van der Waals surface area contributed by atoms with Crippen LogP contribution >= 0.6 is 27.0 Å². The molecule has 70 valence electrons. The van der Waals surface area contributed by atoms with Gasteiger partial charge in [-0.1, -0.05) is 0 Å². The van der Waals surface area contributed by atoms with Gasteiger partial charge in [0.15, 0.2) is 0 Å². The fourth-order valence-corrected chi connectivity index (χ4v) is 1.22. The van der Waals surface area contributed by atoms with Crippen molar-refractivity contribution in [2.24, 2.45) is 0 Å². The van der Waals surface area contributed by atoms with Crippen LogP contribution in [0.15, 0.2) is 0 Å². The summed E-state index contributed by atoms with van der Waals surface area (Å²) in [7, 11) is 2.19. The molecule has 1 rings (SSSR count).